The molecule has 7 nitrogen and oxygen atoms in total. The zero-order valence-corrected chi connectivity index (χ0v) is 14.9. The number of carbonyl (C=O) groups excluding carboxylic acids is 2. The van der Waals surface area contributed by atoms with Gasteiger partial charge >= 0.3 is 5.97 Å². The number of amides is 1. The molecule has 1 aliphatic rings. The Morgan fingerprint density at radius 1 is 1.27 bits per heavy atom. The number of nitrogens with zero attached hydrogens (tertiary/aromatic N) is 2. The first kappa shape index (κ1) is 17.7. The van der Waals surface area contributed by atoms with Crippen molar-refractivity contribution in [2.45, 2.75) is 26.5 Å². The molecule has 2 aromatic rings. The Bertz CT molecular complexity index is 833. The summed E-state index contributed by atoms with van der Waals surface area (Å²) in [6, 6.07) is 10.3. The van der Waals surface area contributed by atoms with Gasteiger partial charge in [0.1, 0.15) is 5.82 Å². The highest BCUT2D eigenvalue weighted by Gasteiger charge is 2.37. The van der Waals surface area contributed by atoms with Crippen LogP contribution >= 0.6 is 0 Å². The van der Waals surface area contributed by atoms with Crippen molar-refractivity contribution in [2.24, 2.45) is 5.92 Å². The minimum absolute atomic E-state index is 0.0115. The van der Waals surface area contributed by atoms with Crippen molar-refractivity contribution < 1.29 is 19.1 Å². The second-order valence-electron chi connectivity index (χ2n) is 6.45. The summed E-state index contributed by atoms with van der Waals surface area (Å²) in [6.45, 7) is 4.17. The van der Waals surface area contributed by atoms with Gasteiger partial charge in [-0.25, -0.2) is 9.78 Å². The van der Waals surface area contributed by atoms with Gasteiger partial charge in [0, 0.05) is 0 Å². The zero-order chi connectivity index (χ0) is 18.8. The van der Waals surface area contributed by atoms with E-state index in [-0.39, 0.29) is 11.8 Å². The fourth-order valence-electron chi connectivity index (χ4n) is 2.80. The fourth-order valence-corrected chi connectivity index (χ4v) is 2.80. The van der Waals surface area contributed by atoms with Crippen LogP contribution in [-0.2, 0) is 16.1 Å². The Labute approximate surface area is 151 Å². The average Bonchev–Trinajstić information content (AvgIpc) is 2.63. The lowest BCUT2D eigenvalue weighted by Gasteiger charge is -2.35. The summed E-state index contributed by atoms with van der Waals surface area (Å²) >= 11 is 0. The molecule has 0 bridgehead atoms. The number of nitrogen functional groups attached to an aromatic ring is 1. The maximum atomic E-state index is 12.9. The Kier molecular flexibility index (Phi) is 4.79. The van der Waals surface area contributed by atoms with E-state index in [1.165, 1.54) is 7.11 Å². The number of anilines is 2. The van der Waals surface area contributed by atoms with E-state index in [1.54, 1.807) is 41.3 Å². The van der Waals surface area contributed by atoms with Gasteiger partial charge in [0.2, 0.25) is 0 Å². The minimum atomic E-state index is -0.581. The molecule has 136 valence electrons. The molecule has 0 fully saturated rings. The number of benzene rings is 1. The predicted molar refractivity (Wildman–Crippen MR) is 96.9 cm³/mol. The van der Waals surface area contributed by atoms with Gasteiger partial charge < -0.3 is 15.2 Å². The minimum Gasteiger partial charge on any atom is -0.476 e. The Morgan fingerprint density at radius 3 is 2.58 bits per heavy atom. The van der Waals surface area contributed by atoms with Gasteiger partial charge in [0.25, 0.3) is 5.91 Å². The summed E-state index contributed by atoms with van der Waals surface area (Å²) in [5.74, 6) is 0.695. The molecule has 1 atom stereocenters. The molecule has 1 aromatic heterocycles. The fraction of sp³-hybridized carbons (Fsp3) is 0.316. The number of pyridine rings is 1. The van der Waals surface area contributed by atoms with Gasteiger partial charge in [-0.3, -0.25) is 9.69 Å². The van der Waals surface area contributed by atoms with Crippen LogP contribution in [0.15, 0.2) is 36.4 Å². The lowest BCUT2D eigenvalue weighted by atomic mass is 10.0. The molecular weight excluding hydrogens is 334 g/mol. The third kappa shape index (κ3) is 3.33. The number of ether oxygens (including phenoxy) is 2. The first-order valence-corrected chi connectivity index (χ1v) is 8.32. The second kappa shape index (κ2) is 7.03. The highest BCUT2D eigenvalue weighted by Crippen LogP contribution is 2.35. The van der Waals surface area contributed by atoms with E-state index < -0.39 is 12.1 Å². The first-order chi connectivity index (χ1) is 12.4. The smallest absolute Gasteiger partial charge is 0.337 e. The Hall–Kier alpha value is -3.09. The quantitative estimate of drug-likeness (QED) is 0.846. The lowest BCUT2D eigenvalue weighted by Crippen LogP contribution is -2.48. The number of hydrogen-bond donors (Lipinski definition) is 1. The lowest BCUT2D eigenvalue weighted by molar-refractivity contribution is -0.128. The van der Waals surface area contributed by atoms with Crippen molar-refractivity contribution in [3.05, 3.63) is 47.5 Å². The Morgan fingerprint density at radius 2 is 1.96 bits per heavy atom. The number of carbonyl (C=O) groups is 2. The molecule has 2 N–H and O–H groups in total. The molecule has 26 heavy (non-hydrogen) atoms. The van der Waals surface area contributed by atoms with Crippen molar-refractivity contribution in [1.82, 2.24) is 4.98 Å². The van der Waals surface area contributed by atoms with Gasteiger partial charge in [0.15, 0.2) is 17.7 Å². The molecule has 2 heterocycles. The number of methoxy groups -OCH3 is 1. The highest BCUT2D eigenvalue weighted by atomic mass is 16.5. The number of nitrogens with two attached hydrogens (primary N) is 1. The maximum Gasteiger partial charge on any atom is 0.337 e. The molecule has 7 heteroatoms. The van der Waals surface area contributed by atoms with Crippen molar-refractivity contribution in [1.29, 1.82) is 0 Å². The number of hydrogen-bond acceptors (Lipinski definition) is 6. The molecule has 1 unspecified atom stereocenters. The summed E-state index contributed by atoms with van der Waals surface area (Å²) in [7, 11) is 1.34. The van der Waals surface area contributed by atoms with Gasteiger partial charge in [-0.1, -0.05) is 26.0 Å². The van der Waals surface area contributed by atoms with Crippen molar-refractivity contribution >= 4 is 23.5 Å². The van der Waals surface area contributed by atoms with E-state index >= 15 is 0 Å². The van der Waals surface area contributed by atoms with Gasteiger partial charge in [-0.15, -0.1) is 0 Å². The largest absolute Gasteiger partial charge is 0.476 e. The normalized spacial score (nSPS) is 16.2. The average molecular weight is 355 g/mol. The molecule has 0 saturated carbocycles. The van der Waals surface area contributed by atoms with Gasteiger partial charge in [-0.2, -0.15) is 0 Å². The van der Waals surface area contributed by atoms with Crippen LogP contribution in [0.4, 0.5) is 11.6 Å². The zero-order valence-electron chi connectivity index (χ0n) is 14.9. The van der Waals surface area contributed by atoms with Crippen LogP contribution < -0.4 is 15.4 Å². The van der Waals surface area contributed by atoms with E-state index in [2.05, 4.69) is 4.98 Å². The summed E-state index contributed by atoms with van der Waals surface area (Å²) < 4.78 is 10.5. The number of rotatable bonds is 4. The topological polar surface area (TPSA) is 94.8 Å². The SMILES string of the molecule is COC(=O)c1ccc(CN2C(=O)C(C(C)C)Oc3ccc(N)nc32)cc1. The number of fused-ring (bicyclic) bond motifs is 1. The Balaban J connectivity index is 1.93. The molecule has 0 saturated heterocycles. The number of aromatic nitrogens is 1. The third-order valence-corrected chi connectivity index (χ3v) is 4.20. The van der Waals surface area contributed by atoms with Gasteiger partial charge in [-0.05, 0) is 35.7 Å². The summed E-state index contributed by atoms with van der Waals surface area (Å²) in [5, 5.41) is 0. The summed E-state index contributed by atoms with van der Waals surface area (Å²) in [5.41, 5.74) is 7.09. The predicted octanol–water partition coefficient (Wildman–Crippen LogP) is 2.40. The summed E-state index contributed by atoms with van der Waals surface area (Å²) in [6.07, 6.45) is -0.581. The monoisotopic (exact) mass is 355 g/mol. The van der Waals surface area contributed by atoms with E-state index in [4.69, 9.17) is 15.2 Å². The number of esters is 1. The van der Waals surface area contributed by atoms with Crippen LogP contribution in [0.25, 0.3) is 0 Å². The molecule has 0 radical (unpaired) electrons. The van der Waals surface area contributed by atoms with Crippen molar-refractivity contribution in [3.63, 3.8) is 0 Å². The van der Waals surface area contributed by atoms with E-state index in [0.29, 0.717) is 29.5 Å². The standard InChI is InChI=1S/C19H21N3O4/c1-11(2)16-18(23)22(17-14(26-16)8-9-15(20)21-17)10-12-4-6-13(7-5-12)19(24)25-3/h4-9,11,16H,10H2,1-3H3,(H2,20,21). The highest BCUT2D eigenvalue weighted by molar-refractivity contribution is 5.99. The van der Waals surface area contributed by atoms with Crippen molar-refractivity contribution in [3.8, 4) is 5.75 Å². The van der Waals surface area contributed by atoms with Crippen LogP contribution in [0.5, 0.6) is 5.75 Å². The molecule has 0 spiro atoms. The molecule has 1 aromatic carbocycles. The molecule has 3 rings (SSSR count). The van der Waals surface area contributed by atoms with E-state index in [1.807, 2.05) is 13.8 Å². The van der Waals surface area contributed by atoms with Crippen molar-refractivity contribution in [2.75, 3.05) is 17.7 Å². The third-order valence-electron chi connectivity index (χ3n) is 4.20. The molecule has 1 aliphatic heterocycles. The van der Waals surface area contributed by atoms with Crippen LogP contribution in [0.2, 0.25) is 0 Å². The second-order valence-corrected chi connectivity index (χ2v) is 6.45. The molecule has 0 aliphatic carbocycles. The maximum absolute atomic E-state index is 12.9. The summed E-state index contributed by atoms with van der Waals surface area (Å²) in [4.78, 5) is 30.3. The van der Waals surface area contributed by atoms with E-state index in [9.17, 15) is 9.59 Å². The molecule has 1 amide bonds. The van der Waals surface area contributed by atoms with Gasteiger partial charge in [0.05, 0.1) is 19.2 Å². The van der Waals surface area contributed by atoms with E-state index in [0.717, 1.165) is 5.56 Å². The van der Waals surface area contributed by atoms with Crippen LogP contribution in [0.1, 0.15) is 29.8 Å². The van der Waals surface area contributed by atoms with Crippen LogP contribution in [-0.4, -0.2) is 30.1 Å². The molecular formula is C19H21N3O4. The van der Waals surface area contributed by atoms with Crippen LogP contribution in [0, 0.1) is 5.92 Å². The van der Waals surface area contributed by atoms with Crippen LogP contribution in [0.3, 0.4) is 0 Å². The first-order valence-electron chi connectivity index (χ1n) is 8.32.